The number of thiophene rings is 1. The molecule has 2 rings (SSSR count). The Bertz CT molecular complexity index is 549. The van der Waals surface area contributed by atoms with E-state index in [0.717, 1.165) is 16.4 Å². The first-order chi connectivity index (χ1) is 9.15. The summed E-state index contributed by atoms with van der Waals surface area (Å²) in [5.41, 5.74) is 0.399. The van der Waals surface area contributed by atoms with E-state index in [1.165, 1.54) is 23.3 Å². The molecule has 1 N–H and O–H groups in total. The Morgan fingerprint density at radius 3 is 2.95 bits per heavy atom. The molecule has 0 aliphatic rings. The molecule has 0 aliphatic heterocycles. The first-order valence-corrected chi connectivity index (χ1v) is 7.71. The lowest BCUT2D eigenvalue weighted by Crippen LogP contribution is -2.08. The van der Waals surface area contributed by atoms with Crippen molar-refractivity contribution < 1.29 is 9.53 Å². The average molecular weight is 296 g/mol. The van der Waals surface area contributed by atoms with Gasteiger partial charge in [0.1, 0.15) is 0 Å². The van der Waals surface area contributed by atoms with Gasteiger partial charge in [-0.2, -0.15) is 0 Å². The van der Waals surface area contributed by atoms with Crippen molar-refractivity contribution >= 4 is 33.8 Å². The van der Waals surface area contributed by atoms with Gasteiger partial charge >= 0.3 is 5.97 Å². The third kappa shape index (κ3) is 3.13. The molecule has 2 aromatic heterocycles. The van der Waals surface area contributed by atoms with Crippen molar-refractivity contribution in [3.05, 3.63) is 33.0 Å². The van der Waals surface area contributed by atoms with Gasteiger partial charge in [0, 0.05) is 9.75 Å². The highest BCUT2D eigenvalue weighted by Crippen LogP contribution is 2.29. The van der Waals surface area contributed by atoms with Crippen molar-refractivity contribution in [3.63, 3.8) is 0 Å². The van der Waals surface area contributed by atoms with Crippen LogP contribution in [0.15, 0.2) is 17.5 Å². The summed E-state index contributed by atoms with van der Waals surface area (Å²) in [6, 6.07) is 4.38. The summed E-state index contributed by atoms with van der Waals surface area (Å²) in [5.74, 6) is -0.383. The van der Waals surface area contributed by atoms with Gasteiger partial charge in [0.2, 0.25) is 0 Å². The Labute approximate surface area is 120 Å². The second-order valence-electron chi connectivity index (χ2n) is 4.04. The Morgan fingerprint density at radius 1 is 1.58 bits per heavy atom. The van der Waals surface area contributed by atoms with Crippen molar-refractivity contribution in [2.24, 2.45) is 0 Å². The van der Waals surface area contributed by atoms with Crippen LogP contribution >= 0.6 is 22.7 Å². The summed E-state index contributed by atoms with van der Waals surface area (Å²) in [5, 5.41) is 6.21. The Hall–Kier alpha value is -1.40. The van der Waals surface area contributed by atoms with Gasteiger partial charge in [0.05, 0.1) is 13.2 Å². The Balaban J connectivity index is 2.17. The van der Waals surface area contributed by atoms with E-state index in [0.29, 0.717) is 5.69 Å². The lowest BCUT2D eigenvalue weighted by molar-refractivity contribution is 0.0594. The minimum Gasteiger partial charge on any atom is -0.464 e. The Morgan fingerprint density at radius 2 is 2.37 bits per heavy atom. The van der Waals surface area contributed by atoms with Crippen LogP contribution in [-0.4, -0.2) is 18.1 Å². The molecule has 0 saturated carbocycles. The third-order valence-corrected chi connectivity index (χ3v) is 4.66. The number of aromatic nitrogens is 1. The minimum absolute atomic E-state index is 0.232. The zero-order chi connectivity index (χ0) is 13.8. The first-order valence-electron chi connectivity index (χ1n) is 6.01. The van der Waals surface area contributed by atoms with Crippen LogP contribution in [0, 0.1) is 6.92 Å². The largest absolute Gasteiger partial charge is 0.464 e. The van der Waals surface area contributed by atoms with Gasteiger partial charge in [-0.1, -0.05) is 13.0 Å². The molecule has 0 bridgehead atoms. The maximum absolute atomic E-state index is 11.5. The summed E-state index contributed by atoms with van der Waals surface area (Å²) in [6.07, 6.45) is 0.965. The van der Waals surface area contributed by atoms with Crippen LogP contribution in [0.5, 0.6) is 0 Å². The SMILES string of the molecule is CCC(Nc1nc(C(=O)OC)c(C)s1)c1cccs1. The molecular formula is C13H16N2O2S2. The predicted molar refractivity (Wildman–Crippen MR) is 79.2 cm³/mol. The lowest BCUT2D eigenvalue weighted by Gasteiger charge is -2.14. The van der Waals surface area contributed by atoms with Crippen LogP contribution in [0.1, 0.15) is 39.6 Å². The van der Waals surface area contributed by atoms with Crippen LogP contribution in [0.4, 0.5) is 5.13 Å². The second kappa shape index (κ2) is 6.16. The number of nitrogens with zero attached hydrogens (tertiary/aromatic N) is 1. The molecule has 1 unspecified atom stereocenters. The van der Waals surface area contributed by atoms with Gasteiger partial charge in [-0.25, -0.2) is 9.78 Å². The van der Waals surface area contributed by atoms with E-state index in [1.807, 2.05) is 13.0 Å². The van der Waals surface area contributed by atoms with E-state index in [-0.39, 0.29) is 12.0 Å². The van der Waals surface area contributed by atoms with E-state index in [1.54, 1.807) is 11.3 Å². The molecule has 0 amide bonds. The molecule has 19 heavy (non-hydrogen) atoms. The maximum atomic E-state index is 11.5. The molecule has 0 spiro atoms. The number of esters is 1. The number of thiazole rings is 1. The summed E-state index contributed by atoms with van der Waals surface area (Å²) in [6.45, 7) is 4.00. The normalized spacial score (nSPS) is 12.2. The molecule has 102 valence electrons. The van der Waals surface area contributed by atoms with Crippen LogP contribution in [0.25, 0.3) is 0 Å². The highest BCUT2D eigenvalue weighted by molar-refractivity contribution is 7.15. The third-order valence-electron chi connectivity index (χ3n) is 2.77. The molecule has 0 radical (unpaired) electrons. The van der Waals surface area contributed by atoms with Gasteiger partial charge in [0.15, 0.2) is 10.8 Å². The molecule has 2 aromatic rings. The number of aryl methyl sites for hydroxylation is 1. The van der Waals surface area contributed by atoms with Crippen LogP contribution in [0.3, 0.4) is 0 Å². The zero-order valence-electron chi connectivity index (χ0n) is 11.1. The fraction of sp³-hybridized carbons (Fsp3) is 0.385. The number of hydrogen-bond donors (Lipinski definition) is 1. The number of nitrogens with one attached hydrogen (secondary N) is 1. The van der Waals surface area contributed by atoms with Crippen molar-refractivity contribution in [1.82, 2.24) is 4.98 Å². The summed E-state index contributed by atoms with van der Waals surface area (Å²) in [7, 11) is 1.37. The summed E-state index contributed by atoms with van der Waals surface area (Å²) < 4.78 is 4.71. The predicted octanol–water partition coefficient (Wildman–Crippen LogP) is 3.86. The molecule has 1 atom stereocenters. The van der Waals surface area contributed by atoms with Gasteiger partial charge < -0.3 is 10.1 Å². The summed E-state index contributed by atoms with van der Waals surface area (Å²) in [4.78, 5) is 18.0. The highest BCUT2D eigenvalue weighted by atomic mass is 32.1. The molecule has 0 saturated heterocycles. The summed E-state index contributed by atoms with van der Waals surface area (Å²) >= 11 is 3.20. The van der Waals surface area contributed by atoms with E-state index in [4.69, 9.17) is 4.74 Å². The van der Waals surface area contributed by atoms with Gasteiger partial charge in [-0.05, 0) is 24.8 Å². The molecule has 0 aliphatic carbocycles. The topological polar surface area (TPSA) is 51.2 Å². The van der Waals surface area contributed by atoms with Gasteiger partial charge in [-0.15, -0.1) is 22.7 Å². The van der Waals surface area contributed by atoms with Crippen molar-refractivity contribution in [3.8, 4) is 0 Å². The van der Waals surface area contributed by atoms with E-state index in [9.17, 15) is 4.79 Å². The quantitative estimate of drug-likeness (QED) is 0.851. The number of anilines is 1. The zero-order valence-corrected chi connectivity index (χ0v) is 12.7. The number of rotatable bonds is 5. The standard InChI is InChI=1S/C13H16N2O2S2/c1-4-9(10-6-5-7-18-10)14-13-15-11(8(2)19-13)12(16)17-3/h5-7,9H,4H2,1-3H3,(H,14,15). The van der Waals surface area contributed by atoms with Crippen LogP contribution in [-0.2, 0) is 4.74 Å². The van der Waals surface area contributed by atoms with Gasteiger partial charge in [-0.3, -0.25) is 0 Å². The fourth-order valence-corrected chi connectivity index (χ4v) is 3.47. The highest BCUT2D eigenvalue weighted by Gasteiger charge is 2.18. The van der Waals surface area contributed by atoms with Crippen molar-refractivity contribution in [2.75, 3.05) is 12.4 Å². The van der Waals surface area contributed by atoms with Crippen molar-refractivity contribution in [1.29, 1.82) is 0 Å². The molecule has 0 fully saturated rings. The Kier molecular flexibility index (Phi) is 4.55. The second-order valence-corrected chi connectivity index (χ2v) is 6.22. The van der Waals surface area contributed by atoms with Gasteiger partial charge in [0.25, 0.3) is 0 Å². The fourth-order valence-electron chi connectivity index (χ4n) is 1.76. The molecule has 6 heteroatoms. The minimum atomic E-state index is -0.383. The molecule has 4 nitrogen and oxygen atoms in total. The van der Waals surface area contributed by atoms with E-state index >= 15 is 0 Å². The smallest absolute Gasteiger partial charge is 0.357 e. The average Bonchev–Trinajstić information content (AvgIpc) is 3.04. The van der Waals surface area contributed by atoms with Crippen LogP contribution in [0.2, 0.25) is 0 Å². The number of carbonyl (C=O) groups is 1. The number of ether oxygens (including phenoxy) is 1. The van der Waals surface area contributed by atoms with E-state index < -0.39 is 0 Å². The monoisotopic (exact) mass is 296 g/mol. The first kappa shape index (κ1) is 14.0. The molecule has 2 heterocycles. The maximum Gasteiger partial charge on any atom is 0.357 e. The number of hydrogen-bond acceptors (Lipinski definition) is 6. The van der Waals surface area contributed by atoms with E-state index in [2.05, 4.69) is 28.7 Å². The number of carbonyl (C=O) groups excluding carboxylic acids is 1. The molecular weight excluding hydrogens is 280 g/mol. The molecule has 0 aromatic carbocycles. The lowest BCUT2D eigenvalue weighted by atomic mass is 10.2. The van der Waals surface area contributed by atoms with Crippen LogP contribution < -0.4 is 5.32 Å². The van der Waals surface area contributed by atoms with Crippen molar-refractivity contribution in [2.45, 2.75) is 26.3 Å². The number of methoxy groups -OCH3 is 1.